The highest BCUT2D eigenvalue weighted by Crippen LogP contribution is 2.24. The second-order valence-electron chi connectivity index (χ2n) is 6.02. The Morgan fingerprint density at radius 2 is 2.09 bits per heavy atom. The molecule has 0 unspecified atom stereocenters. The number of hydrogen-bond acceptors (Lipinski definition) is 6. The molecule has 0 aromatic carbocycles. The molecule has 3 rings (SSSR count). The lowest BCUT2D eigenvalue weighted by atomic mass is 10.1. The van der Waals surface area contributed by atoms with Crippen LogP contribution in [0.25, 0.3) is 0 Å². The zero-order valence-corrected chi connectivity index (χ0v) is 13.6. The minimum absolute atomic E-state index is 0.0748. The van der Waals surface area contributed by atoms with E-state index in [4.69, 9.17) is 4.74 Å². The topological polar surface area (TPSA) is 63.2 Å². The molecule has 1 aliphatic heterocycles. The molecule has 2 aromatic heterocycles. The highest BCUT2D eigenvalue weighted by molar-refractivity contribution is 5.34. The van der Waals surface area contributed by atoms with Crippen LogP contribution in [0.4, 0.5) is 5.82 Å². The normalized spacial score (nSPS) is 19.0. The molecular weight excluding hydrogens is 290 g/mol. The largest absolute Gasteiger partial charge is 0.378 e. The fraction of sp³-hybridized carbons (Fsp3) is 0.471. The molecule has 1 fully saturated rings. The van der Waals surface area contributed by atoms with Crippen LogP contribution in [0.5, 0.6) is 0 Å². The highest BCUT2D eigenvalue weighted by atomic mass is 16.5. The highest BCUT2D eigenvalue weighted by Gasteiger charge is 2.27. The van der Waals surface area contributed by atoms with Crippen molar-refractivity contribution in [3.05, 3.63) is 48.2 Å². The molecule has 0 radical (unpaired) electrons. The molecule has 23 heavy (non-hydrogen) atoms. The smallest absolute Gasteiger partial charge is 0.150 e. The van der Waals surface area contributed by atoms with Crippen molar-refractivity contribution in [1.82, 2.24) is 19.9 Å². The van der Waals surface area contributed by atoms with Crippen molar-refractivity contribution in [2.45, 2.75) is 32.5 Å². The van der Waals surface area contributed by atoms with Gasteiger partial charge in [0.2, 0.25) is 0 Å². The van der Waals surface area contributed by atoms with Gasteiger partial charge in [-0.3, -0.25) is 9.88 Å². The number of rotatable bonds is 5. The number of morpholine rings is 1. The van der Waals surface area contributed by atoms with Crippen molar-refractivity contribution in [3.63, 3.8) is 0 Å². The van der Waals surface area contributed by atoms with E-state index in [9.17, 15) is 0 Å². The number of pyridine rings is 1. The Morgan fingerprint density at radius 1 is 1.26 bits per heavy atom. The van der Waals surface area contributed by atoms with Gasteiger partial charge in [-0.15, -0.1) is 0 Å². The summed E-state index contributed by atoms with van der Waals surface area (Å²) < 4.78 is 5.67. The Morgan fingerprint density at radius 3 is 2.87 bits per heavy atom. The molecule has 0 saturated carbocycles. The molecule has 1 atom stereocenters. The van der Waals surface area contributed by atoms with Crippen LogP contribution in [-0.4, -0.2) is 45.7 Å². The lowest BCUT2D eigenvalue weighted by Gasteiger charge is -2.34. The second kappa shape index (κ2) is 7.48. The van der Waals surface area contributed by atoms with E-state index in [1.165, 1.54) is 5.56 Å². The summed E-state index contributed by atoms with van der Waals surface area (Å²) in [7, 11) is 0. The van der Waals surface area contributed by atoms with Crippen molar-refractivity contribution in [2.75, 3.05) is 25.1 Å². The number of aromatic nitrogens is 3. The van der Waals surface area contributed by atoms with Crippen molar-refractivity contribution in [1.29, 1.82) is 0 Å². The standard InChI is InChI=1S/C17H23N5O/c1-13(2)20-16-5-8-19-17(21-16)15-12-23-10-9-22(15)11-14-3-6-18-7-4-14/h3-8,13,15H,9-12H2,1-2H3,(H,19,20,21)/t15-/m1/s1. The average molecular weight is 313 g/mol. The third kappa shape index (κ3) is 4.24. The van der Waals surface area contributed by atoms with Crippen molar-refractivity contribution >= 4 is 5.82 Å². The van der Waals surface area contributed by atoms with Crippen LogP contribution >= 0.6 is 0 Å². The van der Waals surface area contributed by atoms with Crippen molar-refractivity contribution in [3.8, 4) is 0 Å². The van der Waals surface area contributed by atoms with Gasteiger partial charge in [0.15, 0.2) is 0 Å². The summed E-state index contributed by atoms with van der Waals surface area (Å²) in [6.07, 6.45) is 5.47. The summed E-state index contributed by atoms with van der Waals surface area (Å²) in [5.74, 6) is 1.67. The maximum atomic E-state index is 5.67. The summed E-state index contributed by atoms with van der Waals surface area (Å²) in [5.41, 5.74) is 1.24. The fourth-order valence-electron chi connectivity index (χ4n) is 2.70. The fourth-order valence-corrected chi connectivity index (χ4v) is 2.70. The Bertz CT molecular complexity index is 619. The van der Waals surface area contributed by atoms with E-state index in [2.05, 4.69) is 39.0 Å². The Balaban J connectivity index is 1.78. The van der Waals surface area contributed by atoms with Crippen LogP contribution in [0.1, 0.15) is 31.3 Å². The van der Waals surface area contributed by atoms with E-state index < -0.39 is 0 Å². The Hall–Kier alpha value is -2.05. The summed E-state index contributed by atoms with van der Waals surface area (Å²) in [6, 6.07) is 6.41. The van der Waals surface area contributed by atoms with Crippen LogP contribution in [0.2, 0.25) is 0 Å². The zero-order valence-electron chi connectivity index (χ0n) is 13.6. The minimum atomic E-state index is 0.0748. The van der Waals surface area contributed by atoms with Gasteiger partial charge in [-0.25, -0.2) is 9.97 Å². The van der Waals surface area contributed by atoms with Gasteiger partial charge < -0.3 is 10.1 Å². The maximum Gasteiger partial charge on any atom is 0.150 e. The molecule has 0 spiro atoms. The van der Waals surface area contributed by atoms with Crippen LogP contribution in [-0.2, 0) is 11.3 Å². The molecule has 0 aliphatic carbocycles. The van der Waals surface area contributed by atoms with E-state index >= 15 is 0 Å². The predicted molar refractivity (Wildman–Crippen MR) is 89.0 cm³/mol. The molecule has 122 valence electrons. The first kappa shape index (κ1) is 15.8. The Kier molecular flexibility index (Phi) is 5.15. The zero-order chi connectivity index (χ0) is 16.1. The van der Waals surface area contributed by atoms with Gasteiger partial charge in [0.1, 0.15) is 11.6 Å². The van der Waals surface area contributed by atoms with Gasteiger partial charge in [-0.05, 0) is 37.6 Å². The maximum absolute atomic E-state index is 5.67. The van der Waals surface area contributed by atoms with Gasteiger partial charge in [-0.1, -0.05) is 0 Å². The average Bonchev–Trinajstić information content (AvgIpc) is 2.56. The molecule has 1 saturated heterocycles. The van der Waals surface area contributed by atoms with Gasteiger partial charge in [0.25, 0.3) is 0 Å². The van der Waals surface area contributed by atoms with E-state index in [-0.39, 0.29) is 6.04 Å². The Labute approximate surface area is 136 Å². The third-order valence-electron chi connectivity index (χ3n) is 3.78. The molecule has 0 bridgehead atoms. The first-order valence-electron chi connectivity index (χ1n) is 8.02. The minimum Gasteiger partial charge on any atom is -0.378 e. The quantitative estimate of drug-likeness (QED) is 0.913. The third-order valence-corrected chi connectivity index (χ3v) is 3.78. The first-order valence-corrected chi connectivity index (χ1v) is 8.02. The SMILES string of the molecule is CC(C)Nc1ccnc([C@H]2COCCN2Cc2ccncc2)n1. The number of nitrogens with zero attached hydrogens (tertiary/aromatic N) is 4. The number of nitrogens with one attached hydrogen (secondary N) is 1. The summed E-state index contributed by atoms with van der Waals surface area (Å²) in [4.78, 5) is 15.6. The van der Waals surface area contributed by atoms with E-state index in [0.29, 0.717) is 12.6 Å². The van der Waals surface area contributed by atoms with E-state index in [0.717, 1.165) is 31.3 Å². The molecule has 1 aliphatic rings. The monoisotopic (exact) mass is 313 g/mol. The predicted octanol–water partition coefficient (Wildman–Crippen LogP) is 2.27. The molecule has 6 nitrogen and oxygen atoms in total. The molecule has 1 N–H and O–H groups in total. The number of hydrogen-bond donors (Lipinski definition) is 1. The molecular formula is C17H23N5O. The van der Waals surface area contributed by atoms with Crippen molar-refractivity contribution < 1.29 is 4.74 Å². The van der Waals surface area contributed by atoms with Gasteiger partial charge >= 0.3 is 0 Å². The lowest BCUT2D eigenvalue weighted by Crippen LogP contribution is -2.39. The molecule has 2 aromatic rings. The van der Waals surface area contributed by atoms with Crippen LogP contribution in [0, 0.1) is 0 Å². The summed E-state index contributed by atoms with van der Waals surface area (Å²) in [6.45, 7) is 7.28. The lowest BCUT2D eigenvalue weighted by molar-refractivity contribution is -0.0159. The molecule has 3 heterocycles. The van der Waals surface area contributed by atoms with E-state index in [1.807, 2.05) is 36.8 Å². The molecule has 6 heteroatoms. The van der Waals surface area contributed by atoms with Crippen LogP contribution in [0.3, 0.4) is 0 Å². The van der Waals surface area contributed by atoms with Crippen LogP contribution < -0.4 is 5.32 Å². The number of anilines is 1. The van der Waals surface area contributed by atoms with Gasteiger partial charge in [-0.2, -0.15) is 0 Å². The van der Waals surface area contributed by atoms with Gasteiger partial charge in [0.05, 0.1) is 19.3 Å². The molecule has 0 amide bonds. The number of ether oxygens (including phenoxy) is 1. The van der Waals surface area contributed by atoms with E-state index in [1.54, 1.807) is 0 Å². The van der Waals surface area contributed by atoms with Gasteiger partial charge in [0, 0.05) is 37.7 Å². The summed E-state index contributed by atoms with van der Waals surface area (Å²) in [5, 5.41) is 3.33. The summed E-state index contributed by atoms with van der Waals surface area (Å²) >= 11 is 0. The second-order valence-corrected chi connectivity index (χ2v) is 6.02. The van der Waals surface area contributed by atoms with Crippen molar-refractivity contribution in [2.24, 2.45) is 0 Å². The first-order chi connectivity index (χ1) is 11.2. The van der Waals surface area contributed by atoms with Crippen LogP contribution in [0.15, 0.2) is 36.8 Å².